The number of unbranched alkanes of at least 4 members (excludes halogenated alkanes) is 1. The van der Waals surface area contributed by atoms with Gasteiger partial charge in [-0.3, -0.25) is 5.10 Å². The Morgan fingerprint density at radius 3 is 2.66 bits per heavy atom. The molecule has 9 nitrogen and oxygen atoms in total. The quantitative estimate of drug-likeness (QED) is 0.197. The molecule has 0 aliphatic carbocycles. The van der Waals surface area contributed by atoms with E-state index in [9.17, 15) is 13.2 Å². The van der Waals surface area contributed by atoms with E-state index in [4.69, 9.17) is 14.2 Å². The van der Waals surface area contributed by atoms with Gasteiger partial charge in [-0.1, -0.05) is 10.6 Å². The highest BCUT2D eigenvalue weighted by molar-refractivity contribution is 7.09. The summed E-state index contributed by atoms with van der Waals surface area (Å²) < 4.78 is 62.5. The molecule has 204 valence electrons. The number of benzene rings is 2. The molecule has 2 aromatic carbocycles. The van der Waals surface area contributed by atoms with Gasteiger partial charge in [-0.15, -0.1) is 18.3 Å². The number of rotatable bonds is 15. The van der Waals surface area contributed by atoms with E-state index in [2.05, 4.69) is 29.8 Å². The number of nitrogens with zero attached hydrogens (tertiary/aromatic N) is 3. The number of fused-ring (bicyclic) bond motifs is 1. The second-order valence-electron chi connectivity index (χ2n) is 8.40. The van der Waals surface area contributed by atoms with Gasteiger partial charge in [0.05, 0.1) is 41.4 Å². The van der Waals surface area contributed by atoms with Crippen LogP contribution in [0.3, 0.4) is 0 Å². The lowest BCUT2D eigenvalue weighted by Gasteiger charge is -2.13. The Balaban J connectivity index is 1.13. The zero-order valence-corrected chi connectivity index (χ0v) is 21.5. The largest absolute Gasteiger partial charge is 0.573 e. The lowest BCUT2D eigenvalue weighted by molar-refractivity contribution is -0.274. The molecular formula is C25H28F3N5O4S. The predicted molar refractivity (Wildman–Crippen MR) is 136 cm³/mol. The smallest absolute Gasteiger partial charge is 0.490 e. The highest BCUT2D eigenvalue weighted by Gasteiger charge is 2.31. The Labute approximate surface area is 221 Å². The van der Waals surface area contributed by atoms with E-state index < -0.39 is 6.36 Å². The minimum absolute atomic E-state index is 0.199. The van der Waals surface area contributed by atoms with Crippen LogP contribution in [-0.2, 0) is 22.6 Å². The molecule has 2 aromatic heterocycles. The Bertz CT molecular complexity index is 1280. The number of aromatic amines is 1. The molecule has 0 fully saturated rings. The highest BCUT2D eigenvalue weighted by Crippen LogP contribution is 2.32. The molecule has 0 aliphatic heterocycles. The molecule has 0 amide bonds. The van der Waals surface area contributed by atoms with Gasteiger partial charge in [0.2, 0.25) is 0 Å². The maximum atomic E-state index is 12.6. The number of ether oxygens (including phenoxy) is 4. The maximum Gasteiger partial charge on any atom is 0.573 e. The van der Waals surface area contributed by atoms with Crippen molar-refractivity contribution in [1.82, 2.24) is 25.1 Å². The minimum atomic E-state index is -4.74. The number of halogens is 3. The van der Waals surface area contributed by atoms with Crippen LogP contribution in [-0.4, -0.2) is 59.6 Å². The standard InChI is InChI=1S/C25H28F3N5O4S/c1-34-16-18-8-17(9-20(10-18)37-25(26,27)28)13-29-4-2-3-5-35-6-7-36-23-12-19(24-15-31-33-38-24)11-22-21(23)14-30-32-22/h8-12,14-15,29H,2-7,13,16H2,1H3,(H,30,32). The van der Waals surface area contributed by atoms with Crippen LogP contribution in [0.4, 0.5) is 13.2 Å². The first-order valence-electron chi connectivity index (χ1n) is 11.9. The van der Waals surface area contributed by atoms with Gasteiger partial charge >= 0.3 is 6.36 Å². The van der Waals surface area contributed by atoms with Crippen molar-refractivity contribution in [2.24, 2.45) is 0 Å². The molecule has 0 atom stereocenters. The molecule has 4 rings (SSSR count). The lowest BCUT2D eigenvalue weighted by atomic mass is 10.1. The molecule has 4 aromatic rings. The van der Waals surface area contributed by atoms with Gasteiger partial charge in [-0.25, -0.2) is 0 Å². The van der Waals surface area contributed by atoms with Gasteiger partial charge in [-0.05, 0) is 66.3 Å². The van der Waals surface area contributed by atoms with Crippen molar-refractivity contribution in [2.75, 3.05) is 33.5 Å². The summed E-state index contributed by atoms with van der Waals surface area (Å²) in [5, 5.41) is 15.1. The summed E-state index contributed by atoms with van der Waals surface area (Å²) in [6, 6.07) is 8.44. The van der Waals surface area contributed by atoms with Crippen LogP contribution in [0.15, 0.2) is 42.7 Å². The zero-order valence-electron chi connectivity index (χ0n) is 20.7. The van der Waals surface area contributed by atoms with Gasteiger partial charge in [0.15, 0.2) is 0 Å². The van der Waals surface area contributed by atoms with E-state index in [1.807, 2.05) is 12.1 Å². The monoisotopic (exact) mass is 551 g/mol. The SMILES string of the molecule is COCc1cc(CNCCCCOCCOc2cc(-c3cnns3)cc3[nH]ncc23)cc(OC(F)(F)F)c1. The van der Waals surface area contributed by atoms with E-state index >= 15 is 0 Å². The molecule has 0 bridgehead atoms. The highest BCUT2D eigenvalue weighted by atomic mass is 32.1. The molecule has 0 unspecified atom stereocenters. The van der Waals surface area contributed by atoms with Crippen LogP contribution >= 0.6 is 11.5 Å². The second-order valence-corrected chi connectivity index (χ2v) is 9.18. The van der Waals surface area contributed by atoms with Crippen molar-refractivity contribution in [2.45, 2.75) is 32.4 Å². The summed E-state index contributed by atoms with van der Waals surface area (Å²) in [5.41, 5.74) is 3.13. The first-order valence-corrected chi connectivity index (χ1v) is 12.7. The molecule has 13 heteroatoms. The number of hydrogen-bond acceptors (Lipinski definition) is 9. The number of nitrogens with one attached hydrogen (secondary N) is 2. The summed E-state index contributed by atoms with van der Waals surface area (Å²) in [7, 11) is 1.49. The Kier molecular flexibility index (Phi) is 9.87. The van der Waals surface area contributed by atoms with Crippen LogP contribution in [0.25, 0.3) is 21.3 Å². The summed E-state index contributed by atoms with van der Waals surface area (Å²) >= 11 is 1.31. The van der Waals surface area contributed by atoms with Crippen LogP contribution in [0.2, 0.25) is 0 Å². The molecule has 0 spiro atoms. The van der Waals surface area contributed by atoms with E-state index in [0.717, 1.165) is 34.2 Å². The van der Waals surface area contributed by atoms with Crippen molar-refractivity contribution < 1.29 is 32.1 Å². The van der Waals surface area contributed by atoms with Crippen molar-refractivity contribution in [3.8, 4) is 21.9 Å². The van der Waals surface area contributed by atoms with Crippen LogP contribution < -0.4 is 14.8 Å². The van der Waals surface area contributed by atoms with E-state index in [1.54, 1.807) is 18.5 Å². The Morgan fingerprint density at radius 1 is 1.00 bits per heavy atom. The summed E-state index contributed by atoms with van der Waals surface area (Å²) in [5.74, 6) is 0.464. The van der Waals surface area contributed by atoms with Crippen molar-refractivity contribution >= 4 is 22.4 Å². The predicted octanol–water partition coefficient (Wildman–Crippen LogP) is 5.09. The Morgan fingerprint density at radius 2 is 1.87 bits per heavy atom. The summed E-state index contributed by atoms with van der Waals surface area (Å²) in [6.07, 6.45) is 0.383. The first-order chi connectivity index (χ1) is 18.4. The topological polar surface area (TPSA) is 103 Å². The first kappa shape index (κ1) is 27.8. The maximum absolute atomic E-state index is 12.6. The van der Waals surface area contributed by atoms with Gasteiger partial charge in [-0.2, -0.15) is 5.10 Å². The van der Waals surface area contributed by atoms with Gasteiger partial charge < -0.3 is 24.3 Å². The minimum Gasteiger partial charge on any atom is -0.490 e. The lowest BCUT2D eigenvalue weighted by Crippen LogP contribution is -2.18. The van der Waals surface area contributed by atoms with Crippen molar-refractivity contribution in [3.63, 3.8) is 0 Å². The summed E-state index contributed by atoms with van der Waals surface area (Å²) in [4.78, 5) is 0.939. The van der Waals surface area contributed by atoms with Crippen molar-refractivity contribution in [1.29, 1.82) is 0 Å². The third-order valence-corrected chi connectivity index (χ3v) is 6.16. The van der Waals surface area contributed by atoms with E-state index in [-0.39, 0.29) is 12.4 Å². The number of methoxy groups -OCH3 is 1. The average molecular weight is 552 g/mol. The molecule has 0 saturated carbocycles. The molecule has 0 aliphatic rings. The number of hydrogen-bond donors (Lipinski definition) is 2. The Hall–Kier alpha value is -3.26. The third-order valence-electron chi connectivity index (χ3n) is 5.44. The molecule has 0 saturated heterocycles. The molecule has 2 N–H and O–H groups in total. The molecule has 2 heterocycles. The van der Waals surface area contributed by atoms with E-state index in [1.165, 1.54) is 30.8 Å². The number of aromatic nitrogens is 4. The third kappa shape index (κ3) is 8.38. The van der Waals surface area contributed by atoms with Crippen LogP contribution in [0.5, 0.6) is 11.5 Å². The second kappa shape index (κ2) is 13.5. The molecular weight excluding hydrogens is 523 g/mol. The van der Waals surface area contributed by atoms with Gasteiger partial charge in [0.25, 0.3) is 0 Å². The van der Waals surface area contributed by atoms with Crippen LogP contribution in [0.1, 0.15) is 24.0 Å². The normalized spacial score (nSPS) is 11.8. The average Bonchev–Trinajstić information content (AvgIpc) is 3.56. The van der Waals surface area contributed by atoms with Gasteiger partial charge in [0, 0.05) is 25.8 Å². The summed E-state index contributed by atoms with van der Waals surface area (Å²) in [6.45, 7) is 2.72. The fourth-order valence-corrected chi connectivity index (χ4v) is 4.35. The van der Waals surface area contributed by atoms with Crippen LogP contribution in [0, 0.1) is 0 Å². The van der Waals surface area contributed by atoms with Crippen molar-refractivity contribution in [3.05, 3.63) is 53.9 Å². The van der Waals surface area contributed by atoms with Gasteiger partial charge in [0.1, 0.15) is 18.1 Å². The fraction of sp³-hybridized carbons (Fsp3) is 0.400. The molecule has 0 radical (unpaired) electrons. The zero-order chi connectivity index (χ0) is 26.8. The number of alkyl halides is 3. The fourth-order valence-electron chi connectivity index (χ4n) is 3.85. The number of H-pyrrole nitrogens is 1. The van der Waals surface area contributed by atoms with E-state index in [0.29, 0.717) is 49.8 Å². The molecule has 38 heavy (non-hydrogen) atoms.